The first kappa shape index (κ1) is 17.6. The number of carbonyl (C=O) groups is 1. The van der Waals surface area contributed by atoms with Gasteiger partial charge in [0, 0.05) is 17.5 Å². The molecular formula is C20H16ClN3O2S. The molecule has 7 heteroatoms. The lowest BCUT2D eigenvalue weighted by Crippen LogP contribution is -2.25. The number of para-hydroxylation sites is 1. The number of halogens is 1. The molecular weight excluding hydrogens is 382 g/mol. The van der Waals surface area contributed by atoms with Crippen LogP contribution in [-0.2, 0) is 11.3 Å². The minimum absolute atomic E-state index is 0.0438. The van der Waals surface area contributed by atoms with Crippen LogP contribution in [0.1, 0.15) is 0 Å². The predicted octanol–water partition coefficient (Wildman–Crippen LogP) is 4.62. The molecule has 0 atom stereocenters. The van der Waals surface area contributed by atoms with Crippen LogP contribution in [0, 0.1) is 0 Å². The maximum Gasteiger partial charge on any atom is 0.262 e. The summed E-state index contributed by atoms with van der Waals surface area (Å²) in [6.45, 7) is 4.50. The number of benzene rings is 2. The first-order valence-corrected chi connectivity index (χ1v) is 9.57. The number of fused-ring (bicyclic) bond motifs is 1. The molecule has 1 aliphatic heterocycles. The Kier molecular flexibility index (Phi) is 4.83. The Balaban J connectivity index is 1.82. The lowest BCUT2D eigenvalue weighted by molar-refractivity contribution is -0.118. The average molecular weight is 398 g/mol. The van der Waals surface area contributed by atoms with Gasteiger partial charge in [-0.05, 0) is 30.3 Å². The number of thiazole rings is 1. The highest BCUT2D eigenvalue weighted by Crippen LogP contribution is 2.33. The van der Waals surface area contributed by atoms with Gasteiger partial charge in [-0.2, -0.15) is 0 Å². The van der Waals surface area contributed by atoms with E-state index in [0.29, 0.717) is 23.0 Å². The second kappa shape index (κ2) is 7.42. The Labute approximate surface area is 165 Å². The van der Waals surface area contributed by atoms with Crippen molar-refractivity contribution in [2.45, 2.75) is 6.54 Å². The summed E-state index contributed by atoms with van der Waals surface area (Å²) in [6.07, 6.45) is 1.82. The molecule has 1 aromatic heterocycles. The van der Waals surface area contributed by atoms with Gasteiger partial charge in [0.2, 0.25) is 0 Å². The smallest absolute Gasteiger partial charge is 0.262 e. The molecule has 1 amide bonds. The van der Waals surface area contributed by atoms with Gasteiger partial charge >= 0.3 is 0 Å². The van der Waals surface area contributed by atoms with E-state index < -0.39 is 0 Å². The highest BCUT2D eigenvalue weighted by atomic mass is 35.5. The summed E-state index contributed by atoms with van der Waals surface area (Å²) >= 11 is 7.77. The van der Waals surface area contributed by atoms with Crippen molar-refractivity contribution in [3.05, 3.63) is 70.3 Å². The largest absolute Gasteiger partial charge is 0.482 e. The summed E-state index contributed by atoms with van der Waals surface area (Å²) in [5.41, 5.74) is 3.33. The van der Waals surface area contributed by atoms with Gasteiger partial charge in [-0.1, -0.05) is 29.8 Å². The third-order valence-corrected chi connectivity index (χ3v) is 5.27. The van der Waals surface area contributed by atoms with E-state index in [9.17, 15) is 4.79 Å². The van der Waals surface area contributed by atoms with Crippen molar-refractivity contribution >= 4 is 40.2 Å². The summed E-state index contributed by atoms with van der Waals surface area (Å²) < 4.78 is 7.50. The molecule has 0 aliphatic carbocycles. The molecule has 4 rings (SSSR count). The van der Waals surface area contributed by atoms with E-state index >= 15 is 0 Å². The van der Waals surface area contributed by atoms with E-state index in [4.69, 9.17) is 21.3 Å². The SMILES string of the molecule is C=CCn1c(-c2ccc3c(c2)NC(=O)CO3)csc1=Nc1ccccc1Cl. The Hall–Kier alpha value is -2.83. The standard InChI is InChI=1S/C20H16ClN3O2S/c1-2-9-24-17(12-27-20(24)23-15-6-4-3-5-14(15)21)13-7-8-18-16(10-13)22-19(25)11-26-18/h2-8,10,12H,1,9,11H2,(H,22,25). The normalized spacial score (nSPS) is 13.7. The fourth-order valence-electron chi connectivity index (χ4n) is 2.84. The molecule has 0 bridgehead atoms. The summed E-state index contributed by atoms with van der Waals surface area (Å²) in [7, 11) is 0. The third-order valence-electron chi connectivity index (χ3n) is 4.09. The van der Waals surface area contributed by atoms with Gasteiger partial charge < -0.3 is 14.6 Å². The quantitative estimate of drug-likeness (QED) is 0.653. The first-order valence-electron chi connectivity index (χ1n) is 8.31. The van der Waals surface area contributed by atoms with Crippen LogP contribution in [0.15, 0.2) is 65.5 Å². The van der Waals surface area contributed by atoms with Crippen LogP contribution in [0.5, 0.6) is 5.75 Å². The maximum absolute atomic E-state index is 11.6. The molecule has 1 N–H and O–H groups in total. The number of nitrogens with one attached hydrogen (secondary N) is 1. The Bertz CT molecular complexity index is 1100. The molecule has 0 radical (unpaired) electrons. The molecule has 0 unspecified atom stereocenters. The maximum atomic E-state index is 11.6. The number of anilines is 1. The lowest BCUT2D eigenvalue weighted by Gasteiger charge is -2.18. The lowest BCUT2D eigenvalue weighted by atomic mass is 10.1. The fourth-order valence-corrected chi connectivity index (χ4v) is 3.95. The number of allylic oxidation sites excluding steroid dienone is 1. The number of rotatable bonds is 4. The van der Waals surface area contributed by atoms with Gasteiger partial charge in [0.25, 0.3) is 5.91 Å². The number of nitrogens with zero attached hydrogens (tertiary/aromatic N) is 2. The zero-order chi connectivity index (χ0) is 18.8. The van der Waals surface area contributed by atoms with Crippen LogP contribution in [0.3, 0.4) is 0 Å². The van der Waals surface area contributed by atoms with Crippen molar-refractivity contribution in [2.75, 3.05) is 11.9 Å². The Morgan fingerprint density at radius 3 is 3.00 bits per heavy atom. The van der Waals surface area contributed by atoms with Crippen LogP contribution in [0.4, 0.5) is 11.4 Å². The van der Waals surface area contributed by atoms with Gasteiger partial charge in [-0.25, -0.2) is 4.99 Å². The first-order chi connectivity index (χ1) is 13.2. The number of ether oxygens (including phenoxy) is 1. The van der Waals surface area contributed by atoms with E-state index in [2.05, 4.69) is 16.5 Å². The van der Waals surface area contributed by atoms with E-state index in [1.165, 1.54) is 11.3 Å². The number of amides is 1. The molecule has 2 aromatic carbocycles. The molecule has 0 spiro atoms. The fraction of sp³-hybridized carbons (Fsp3) is 0.100. The highest BCUT2D eigenvalue weighted by molar-refractivity contribution is 7.07. The van der Waals surface area contributed by atoms with E-state index in [1.54, 1.807) is 0 Å². The summed E-state index contributed by atoms with van der Waals surface area (Å²) in [4.78, 5) is 17.1. The van der Waals surface area contributed by atoms with Crippen molar-refractivity contribution in [1.29, 1.82) is 0 Å². The molecule has 0 saturated carbocycles. The van der Waals surface area contributed by atoms with Gasteiger partial charge in [0.1, 0.15) is 5.75 Å². The minimum atomic E-state index is -0.154. The molecule has 3 aromatic rings. The molecule has 2 heterocycles. The average Bonchev–Trinajstić information content (AvgIpc) is 3.06. The van der Waals surface area contributed by atoms with E-state index in [0.717, 1.165) is 21.7 Å². The van der Waals surface area contributed by atoms with Gasteiger partial charge in [-0.15, -0.1) is 17.9 Å². The van der Waals surface area contributed by atoms with Crippen molar-refractivity contribution < 1.29 is 9.53 Å². The zero-order valence-electron chi connectivity index (χ0n) is 14.3. The van der Waals surface area contributed by atoms with Gasteiger partial charge in [0.15, 0.2) is 11.4 Å². The number of hydrogen-bond acceptors (Lipinski definition) is 4. The van der Waals surface area contributed by atoms with Crippen LogP contribution in [0.2, 0.25) is 5.02 Å². The molecule has 136 valence electrons. The van der Waals surface area contributed by atoms with Crippen molar-refractivity contribution in [2.24, 2.45) is 4.99 Å². The van der Waals surface area contributed by atoms with Gasteiger partial charge in [0.05, 0.1) is 22.1 Å². The van der Waals surface area contributed by atoms with Crippen molar-refractivity contribution in [1.82, 2.24) is 4.57 Å². The zero-order valence-corrected chi connectivity index (χ0v) is 15.9. The van der Waals surface area contributed by atoms with E-state index in [1.807, 2.05) is 53.9 Å². The summed E-state index contributed by atoms with van der Waals surface area (Å²) in [5, 5.41) is 5.48. The second-order valence-electron chi connectivity index (χ2n) is 5.91. The van der Waals surface area contributed by atoms with Crippen LogP contribution in [0.25, 0.3) is 11.3 Å². The predicted molar refractivity (Wildman–Crippen MR) is 109 cm³/mol. The summed E-state index contributed by atoms with van der Waals surface area (Å²) in [6, 6.07) is 13.2. The topological polar surface area (TPSA) is 55.6 Å². The molecule has 0 fully saturated rings. The van der Waals surface area contributed by atoms with Crippen molar-refractivity contribution in [3.8, 4) is 17.0 Å². The number of hydrogen-bond donors (Lipinski definition) is 1. The van der Waals surface area contributed by atoms with Crippen LogP contribution < -0.4 is 14.9 Å². The monoisotopic (exact) mass is 397 g/mol. The van der Waals surface area contributed by atoms with Gasteiger partial charge in [-0.3, -0.25) is 4.79 Å². The number of aromatic nitrogens is 1. The van der Waals surface area contributed by atoms with E-state index in [-0.39, 0.29) is 12.5 Å². The minimum Gasteiger partial charge on any atom is -0.482 e. The van der Waals surface area contributed by atoms with Crippen molar-refractivity contribution in [3.63, 3.8) is 0 Å². The molecule has 5 nitrogen and oxygen atoms in total. The third kappa shape index (κ3) is 3.54. The highest BCUT2D eigenvalue weighted by Gasteiger charge is 2.17. The van der Waals surface area contributed by atoms with Crippen LogP contribution in [-0.4, -0.2) is 17.1 Å². The number of carbonyl (C=O) groups excluding carboxylic acids is 1. The second-order valence-corrected chi connectivity index (χ2v) is 7.16. The Morgan fingerprint density at radius 2 is 2.19 bits per heavy atom. The molecule has 0 saturated heterocycles. The molecule has 27 heavy (non-hydrogen) atoms. The van der Waals surface area contributed by atoms with Crippen LogP contribution >= 0.6 is 22.9 Å². The Morgan fingerprint density at radius 1 is 1.33 bits per heavy atom. The summed E-state index contributed by atoms with van der Waals surface area (Å²) in [5.74, 6) is 0.517. The molecule has 1 aliphatic rings.